The third kappa shape index (κ3) is 3.56. The van der Waals surface area contributed by atoms with Crippen LogP contribution >= 0.6 is 0 Å². The molecule has 1 aromatic carbocycles. The van der Waals surface area contributed by atoms with Gasteiger partial charge in [-0.2, -0.15) is 0 Å². The Morgan fingerprint density at radius 2 is 2.05 bits per heavy atom. The van der Waals surface area contributed by atoms with Crippen molar-refractivity contribution in [1.82, 2.24) is 5.32 Å². The van der Waals surface area contributed by atoms with Crippen LogP contribution in [0.2, 0.25) is 0 Å². The Labute approximate surface area is 113 Å². The SMILES string of the molecule is CCC1(CNC(=O)Nc2cccc(C(C)=O)c2)CC1. The molecule has 1 fully saturated rings. The van der Waals surface area contributed by atoms with Crippen molar-refractivity contribution in [2.24, 2.45) is 5.41 Å². The molecule has 19 heavy (non-hydrogen) atoms. The highest BCUT2D eigenvalue weighted by Crippen LogP contribution is 2.47. The van der Waals surface area contributed by atoms with Gasteiger partial charge in [0.2, 0.25) is 0 Å². The van der Waals surface area contributed by atoms with Crippen molar-refractivity contribution < 1.29 is 9.59 Å². The van der Waals surface area contributed by atoms with Crippen LogP contribution in [0.5, 0.6) is 0 Å². The minimum atomic E-state index is -0.208. The van der Waals surface area contributed by atoms with E-state index in [4.69, 9.17) is 0 Å². The van der Waals surface area contributed by atoms with Crippen LogP contribution in [0, 0.1) is 5.41 Å². The number of amides is 2. The van der Waals surface area contributed by atoms with Gasteiger partial charge in [0.15, 0.2) is 5.78 Å². The summed E-state index contributed by atoms with van der Waals surface area (Å²) in [6, 6.07) is 6.76. The molecule has 102 valence electrons. The second-order valence-corrected chi connectivity index (χ2v) is 5.30. The van der Waals surface area contributed by atoms with Crippen molar-refractivity contribution in [3.63, 3.8) is 0 Å². The summed E-state index contributed by atoms with van der Waals surface area (Å²) in [5, 5.41) is 5.66. The molecule has 0 atom stereocenters. The molecule has 0 unspecified atom stereocenters. The Kier molecular flexibility index (Phi) is 3.88. The highest BCUT2D eigenvalue weighted by molar-refractivity contribution is 5.96. The Balaban J connectivity index is 1.88. The van der Waals surface area contributed by atoms with Crippen molar-refractivity contribution in [2.75, 3.05) is 11.9 Å². The minimum Gasteiger partial charge on any atom is -0.337 e. The highest BCUT2D eigenvalue weighted by Gasteiger charge is 2.40. The molecule has 0 bridgehead atoms. The van der Waals surface area contributed by atoms with Crippen molar-refractivity contribution >= 4 is 17.5 Å². The summed E-state index contributed by atoms with van der Waals surface area (Å²) in [4.78, 5) is 23.0. The summed E-state index contributed by atoms with van der Waals surface area (Å²) in [5.74, 6) is -0.00743. The van der Waals surface area contributed by atoms with Crippen LogP contribution in [0.4, 0.5) is 10.5 Å². The molecule has 1 aliphatic carbocycles. The third-order valence-electron chi connectivity index (χ3n) is 3.86. The van der Waals surface area contributed by atoms with Gasteiger partial charge in [0.1, 0.15) is 0 Å². The van der Waals surface area contributed by atoms with E-state index in [1.54, 1.807) is 24.3 Å². The van der Waals surface area contributed by atoms with Gasteiger partial charge in [-0.15, -0.1) is 0 Å². The maximum atomic E-state index is 11.8. The van der Waals surface area contributed by atoms with E-state index in [-0.39, 0.29) is 11.8 Å². The fourth-order valence-electron chi connectivity index (χ4n) is 2.09. The maximum Gasteiger partial charge on any atom is 0.319 e. The zero-order valence-corrected chi connectivity index (χ0v) is 11.5. The van der Waals surface area contributed by atoms with Crippen LogP contribution in [-0.4, -0.2) is 18.4 Å². The number of hydrogen-bond donors (Lipinski definition) is 2. The molecule has 1 saturated carbocycles. The first-order valence-corrected chi connectivity index (χ1v) is 6.70. The largest absolute Gasteiger partial charge is 0.337 e. The number of ketones is 1. The molecule has 4 nitrogen and oxygen atoms in total. The van der Waals surface area contributed by atoms with Crippen LogP contribution in [0.15, 0.2) is 24.3 Å². The molecule has 0 spiro atoms. The van der Waals surface area contributed by atoms with Crippen molar-refractivity contribution in [2.45, 2.75) is 33.1 Å². The number of hydrogen-bond acceptors (Lipinski definition) is 2. The Morgan fingerprint density at radius 1 is 1.32 bits per heavy atom. The standard InChI is InChI=1S/C15H20N2O2/c1-3-15(7-8-15)10-16-14(19)17-13-6-4-5-12(9-13)11(2)18/h4-6,9H,3,7-8,10H2,1-2H3,(H2,16,17,19). The fourth-order valence-corrected chi connectivity index (χ4v) is 2.09. The summed E-state index contributed by atoms with van der Waals surface area (Å²) in [7, 11) is 0. The van der Waals surface area contributed by atoms with Crippen LogP contribution in [0.25, 0.3) is 0 Å². The lowest BCUT2D eigenvalue weighted by atomic mass is 10.0. The molecule has 2 rings (SSSR count). The lowest BCUT2D eigenvalue weighted by Gasteiger charge is -2.14. The zero-order valence-electron chi connectivity index (χ0n) is 11.5. The average Bonchev–Trinajstić information content (AvgIpc) is 3.17. The van der Waals surface area contributed by atoms with Gasteiger partial charge in [-0.1, -0.05) is 19.1 Å². The van der Waals surface area contributed by atoms with Gasteiger partial charge in [0.05, 0.1) is 0 Å². The second kappa shape index (κ2) is 5.43. The quantitative estimate of drug-likeness (QED) is 0.799. The van der Waals surface area contributed by atoms with E-state index in [0.717, 1.165) is 13.0 Å². The molecule has 0 saturated heterocycles. The van der Waals surface area contributed by atoms with Crippen molar-refractivity contribution in [1.29, 1.82) is 0 Å². The van der Waals surface area contributed by atoms with E-state index in [9.17, 15) is 9.59 Å². The van der Waals surface area contributed by atoms with E-state index in [0.29, 0.717) is 16.7 Å². The summed E-state index contributed by atoms with van der Waals surface area (Å²) in [6.07, 6.45) is 3.50. The number of urea groups is 1. The molecule has 1 aliphatic rings. The first kappa shape index (κ1) is 13.6. The molecule has 0 radical (unpaired) electrons. The van der Waals surface area contributed by atoms with E-state index in [1.807, 2.05) is 0 Å². The minimum absolute atomic E-state index is 0.00743. The van der Waals surface area contributed by atoms with Crippen LogP contribution in [-0.2, 0) is 0 Å². The van der Waals surface area contributed by atoms with Gasteiger partial charge in [-0.25, -0.2) is 4.79 Å². The molecular weight excluding hydrogens is 240 g/mol. The number of anilines is 1. The van der Waals surface area contributed by atoms with Gasteiger partial charge in [0, 0.05) is 17.8 Å². The van der Waals surface area contributed by atoms with E-state index >= 15 is 0 Å². The number of carbonyl (C=O) groups excluding carboxylic acids is 2. The Morgan fingerprint density at radius 3 is 2.63 bits per heavy atom. The number of nitrogens with one attached hydrogen (secondary N) is 2. The molecule has 2 N–H and O–H groups in total. The predicted octanol–water partition coefficient (Wildman–Crippen LogP) is 3.20. The lowest BCUT2D eigenvalue weighted by molar-refractivity contribution is 0.101. The first-order chi connectivity index (χ1) is 9.04. The maximum absolute atomic E-state index is 11.8. The molecular formula is C15H20N2O2. The molecule has 1 aromatic rings. The van der Waals surface area contributed by atoms with E-state index < -0.39 is 0 Å². The summed E-state index contributed by atoms with van der Waals surface area (Å²) >= 11 is 0. The van der Waals surface area contributed by atoms with Crippen molar-refractivity contribution in [3.05, 3.63) is 29.8 Å². The Bertz CT molecular complexity index is 493. The van der Waals surface area contributed by atoms with Gasteiger partial charge in [-0.05, 0) is 43.7 Å². The van der Waals surface area contributed by atoms with Crippen LogP contribution < -0.4 is 10.6 Å². The average molecular weight is 260 g/mol. The summed E-state index contributed by atoms with van der Waals surface area (Å²) in [6.45, 7) is 4.39. The molecule has 2 amide bonds. The fraction of sp³-hybridized carbons (Fsp3) is 0.467. The van der Waals surface area contributed by atoms with Gasteiger partial charge < -0.3 is 10.6 Å². The molecule has 0 heterocycles. The Hall–Kier alpha value is -1.84. The van der Waals surface area contributed by atoms with Crippen LogP contribution in [0.1, 0.15) is 43.5 Å². The van der Waals surface area contributed by atoms with Crippen molar-refractivity contribution in [3.8, 4) is 0 Å². The highest BCUT2D eigenvalue weighted by atomic mass is 16.2. The smallest absolute Gasteiger partial charge is 0.319 e. The number of carbonyl (C=O) groups is 2. The number of Topliss-reactive ketones (excluding diaryl/α,β-unsaturated/α-hetero) is 1. The van der Waals surface area contributed by atoms with Crippen LogP contribution in [0.3, 0.4) is 0 Å². The molecule has 4 heteroatoms. The predicted molar refractivity (Wildman–Crippen MR) is 75.4 cm³/mol. The zero-order chi connectivity index (χ0) is 13.9. The first-order valence-electron chi connectivity index (χ1n) is 6.70. The van der Waals surface area contributed by atoms with E-state index in [2.05, 4.69) is 17.6 Å². The second-order valence-electron chi connectivity index (χ2n) is 5.30. The topological polar surface area (TPSA) is 58.2 Å². The lowest BCUT2D eigenvalue weighted by Crippen LogP contribution is -2.33. The summed E-state index contributed by atoms with van der Waals surface area (Å²) < 4.78 is 0. The number of rotatable bonds is 5. The number of benzene rings is 1. The molecule has 0 aliphatic heterocycles. The van der Waals surface area contributed by atoms with Gasteiger partial charge in [0.25, 0.3) is 0 Å². The van der Waals surface area contributed by atoms with Gasteiger partial charge >= 0.3 is 6.03 Å². The molecule has 0 aromatic heterocycles. The third-order valence-corrected chi connectivity index (χ3v) is 3.86. The van der Waals surface area contributed by atoms with E-state index in [1.165, 1.54) is 19.8 Å². The summed E-state index contributed by atoms with van der Waals surface area (Å²) in [5.41, 5.74) is 1.58. The monoisotopic (exact) mass is 260 g/mol. The van der Waals surface area contributed by atoms with Gasteiger partial charge in [-0.3, -0.25) is 4.79 Å². The normalized spacial score (nSPS) is 15.7.